The standard InChI is InChI=1S/C19H14Cl2N2O4/c1-25-17-9-18(26-2)23-19(22-17)27-16-5-3-4-12(13(16)10-24)11-6-7-14(20)15(21)8-11/h3-10H,1-2H3. The largest absolute Gasteiger partial charge is 0.481 e. The monoisotopic (exact) mass is 404 g/mol. The summed E-state index contributed by atoms with van der Waals surface area (Å²) in [6.45, 7) is 0. The summed E-state index contributed by atoms with van der Waals surface area (Å²) in [5, 5.41) is 0.815. The summed E-state index contributed by atoms with van der Waals surface area (Å²) in [5.74, 6) is 0.819. The van der Waals surface area contributed by atoms with Gasteiger partial charge in [0.1, 0.15) is 5.75 Å². The van der Waals surface area contributed by atoms with Crippen LogP contribution in [0.15, 0.2) is 42.5 Å². The molecule has 0 bridgehead atoms. The van der Waals surface area contributed by atoms with Gasteiger partial charge in [0.25, 0.3) is 0 Å². The Kier molecular flexibility index (Phi) is 5.78. The third-order valence-electron chi connectivity index (χ3n) is 3.69. The van der Waals surface area contributed by atoms with Gasteiger partial charge in [0.2, 0.25) is 11.8 Å². The molecule has 0 radical (unpaired) electrons. The molecular weight excluding hydrogens is 391 g/mol. The molecule has 0 aliphatic carbocycles. The third kappa shape index (κ3) is 4.13. The van der Waals surface area contributed by atoms with Crippen LogP contribution in [0.25, 0.3) is 11.1 Å². The molecule has 1 heterocycles. The first-order valence-corrected chi connectivity index (χ1v) is 8.50. The number of nitrogens with zero attached hydrogens (tertiary/aromatic N) is 2. The van der Waals surface area contributed by atoms with E-state index in [-0.39, 0.29) is 23.5 Å². The molecule has 3 aromatic rings. The average molecular weight is 405 g/mol. The van der Waals surface area contributed by atoms with Gasteiger partial charge in [-0.25, -0.2) is 0 Å². The number of aldehydes is 1. The second-order valence-electron chi connectivity index (χ2n) is 5.30. The molecule has 1 aromatic heterocycles. The van der Waals surface area contributed by atoms with E-state index < -0.39 is 0 Å². The van der Waals surface area contributed by atoms with Gasteiger partial charge in [-0.15, -0.1) is 0 Å². The Morgan fingerprint density at radius 3 is 2.22 bits per heavy atom. The zero-order valence-electron chi connectivity index (χ0n) is 14.4. The molecule has 0 amide bonds. The average Bonchev–Trinajstić information content (AvgIpc) is 2.69. The molecule has 27 heavy (non-hydrogen) atoms. The van der Waals surface area contributed by atoms with Gasteiger partial charge in [0.05, 0.1) is 35.9 Å². The smallest absolute Gasteiger partial charge is 0.328 e. The molecule has 138 valence electrons. The SMILES string of the molecule is COc1cc(OC)nc(Oc2cccc(-c3ccc(Cl)c(Cl)c3)c2C=O)n1. The molecule has 0 aliphatic rings. The van der Waals surface area contributed by atoms with Gasteiger partial charge in [-0.2, -0.15) is 9.97 Å². The summed E-state index contributed by atoms with van der Waals surface area (Å²) in [6, 6.07) is 11.8. The van der Waals surface area contributed by atoms with Gasteiger partial charge in [-0.05, 0) is 29.3 Å². The molecule has 0 N–H and O–H groups in total. The highest BCUT2D eigenvalue weighted by Crippen LogP contribution is 2.35. The van der Waals surface area contributed by atoms with Crippen LogP contribution in [0.1, 0.15) is 10.4 Å². The summed E-state index contributed by atoms with van der Waals surface area (Å²) in [5.41, 5.74) is 1.68. The number of aromatic nitrogens is 2. The van der Waals surface area contributed by atoms with Crippen molar-refractivity contribution in [1.82, 2.24) is 9.97 Å². The Balaban J connectivity index is 2.04. The maximum Gasteiger partial charge on any atom is 0.328 e. The van der Waals surface area contributed by atoms with Gasteiger partial charge in [-0.1, -0.05) is 41.4 Å². The van der Waals surface area contributed by atoms with Gasteiger partial charge in [0.15, 0.2) is 6.29 Å². The first-order valence-electron chi connectivity index (χ1n) is 7.74. The van der Waals surface area contributed by atoms with E-state index in [0.717, 1.165) is 5.56 Å². The normalized spacial score (nSPS) is 10.4. The lowest BCUT2D eigenvalue weighted by Crippen LogP contribution is -2.00. The maximum absolute atomic E-state index is 11.8. The quantitative estimate of drug-likeness (QED) is 0.533. The summed E-state index contributed by atoms with van der Waals surface area (Å²) in [6.07, 6.45) is 0.699. The number of hydrogen-bond donors (Lipinski definition) is 0. The van der Waals surface area contributed by atoms with E-state index in [4.69, 9.17) is 37.4 Å². The van der Waals surface area contributed by atoms with Crippen LogP contribution in [0.3, 0.4) is 0 Å². The Morgan fingerprint density at radius 1 is 0.926 bits per heavy atom. The fourth-order valence-electron chi connectivity index (χ4n) is 2.41. The van der Waals surface area contributed by atoms with Crippen LogP contribution in [0.4, 0.5) is 0 Å². The zero-order chi connectivity index (χ0) is 19.4. The minimum atomic E-state index is -0.0133. The van der Waals surface area contributed by atoms with Crippen molar-refractivity contribution in [3.05, 3.63) is 58.1 Å². The molecule has 0 saturated carbocycles. The van der Waals surface area contributed by atoms with Crippen molar-refractivity contribution in [2.45, 2.75) is 0 Å². The number of methoxy groups -OCH3 is 2. The number of hydrogen-bond acceptors (Lipinski definition) is 6. The summed E-state index contributed by atoms with van der Waals surface area (Å²) in [4.78, 5) is 20.0. The van der Waals surface area contributed by atoms with Crippen LogP contribution in [0, 0.1) is 0 Å². The highest BCUT2D eigenvalue weighted by molar-refractivity contribution is 6.42. The lowest BCUT2D eigenvalue weighted by Gasteiger charge is -2.12. The van der Waals surface area contributed by atoms with Crippen LogP contribution < -0.4 is 14.2 Å². The Labute approximate surface area is 165 Å². The molecule has 0 aliphatic heterocycles. The summed E-state index contributed by atoms with van der Waals surface area (Å²) < 4.78 is 15.9. The minimum absolute atomic E-state index is 0.0133. The molecule has 0 saturated heterocycles. The number of halogens is 2. The lowest BCUT2D eigenvalue weighted by atomic mass is 10.00. The van der Waals surface area contributed by atoms with E-state index in [0.29, 0.717) is 27.5 Å². The van der Waals surface area contributed by atoms with Crippen molar-refractivity contribution in [2.75, 3.05) is 14.2 Å². The maximum atomic E-state index is 11.8. The highest BCUT2D eigenvalue weighted by Gasteiger charge is 2.15. The predicted octanol–water partition coefficient (Wildman–Crippen LogP) is 5.07. The van der Waals surface area contributed by atoms with Gasteiger partial charge in [0, 0.05) is 0 Å². The van der Waals surface area contributed by atoms with Crippen molar-refractivity contribution in [3.8, 4) is 34.6 Å². The number of benzene rings is 2. The zero-order valence-corrected chi connectivity index (χ0v) is 15.9. The topological polar surface area (TPSA) is 70.5 Å². The second-order valence-corrected chi connectivity index (χ2v) is 6.12. The number of carbonyl (C=O) groups excluding carboxylic acids is 1. The van der Waals surface area contributed by atoms with E-state index in [1.165, 1.54) is 20.3 Å². The van der Waals surface area contributed by atoms with Crippen LogP contribution in [-0.4, -0.2) is 30.5 Å². The van der Waals surface area contributed by atoms with Crippen molar-refractivity contribution in [2.24, 2.45) is 0 Å². The van der Waals surface area contributed by atoms with Crippen molar-refractivity contribution >= 4 is 29.5 Å². The molecule has 2 aromatic carbocycles. The first kappa shape index (κ1) is 18.9. The molecule has 0 fully saturated rings. The first-order chi connectivity index (χ1) is 13.0. The minimum Gasteiger partial charge on any atom is -0.481 e. The Bertz CT molecular complexity index is 973. The lowest BCUT2D eigenvalue weighted by molar-refractivity contribution is 0.112. The predicted molar refractivity (Wildman–Crippen MR) is 102 cm³/mol. The third-order valence-corrected chi connectivity index (χ3v) is 4.43. The van der Waals surface area contributed by atoms with Crippen molar-refractivity contribution in [1.29, 1.82) is 0 Å². The molecular formula is C19H14Cl2N2O4. The highest BCUT2D eigenvalue weighted by atomic mass is 35.5. The van der Waals surface area contributed by atoms with Crippen LogP contribution in [0.5, 0.6) is 23.5 Å². The molecule has 6 nitrogen and oxygen atoms in total. The van der Waals surface area contributed by atoms with Crippen molar-refractivity contribution in [3.63, 3.8) is 0 Å². The molecule has 3 rings (SSSR count). The number of ether oxygens (including phenoxy) is 3. The molecule has 0 spiro atoms. The number of carbonyl (C=O) groups is 1. The fourth-order valence-corrected chi connectivity index (χ4v) is 2.70. The van der Waals surface area contributed by atoms with Crippen LogP contribution >= 0.6 is 23.2 Å². The second kappa shape index (κ2) is 8.24. The van der Waals surface area contributed by atoms with E-state index in [1.807, 2.05) is 0 Å². The van der Waals surface area contributed by atoms with Gasteiger partial charge in [-0.3, -0.25) is 4.79 Å². The summed E-state index contributed by atoms with van der Waals surface area (Å²) in [7, 11) is 2.93. The van der Waals surface area contributed by atoms with Gasteiger partial charge < -0.3 is 14.2 Å². The van der Waals surface area contributed by atoms with E-state index in [9.17, 15) is 4.79 Å². The van der Waals surface area contributed by atoms with E-state index in [2.05, 4.69) is 9.97 Å². The van der Waals surface area contributed by atoms with E-state index >= 15 is 0 Å². The summed E-state index contributed by atoms with van der Waals surface area (Å²) >= 11 is 12.1. The Morgan fingerprint density at radius 2 is 1.63 bits per heavy atom. The van der Waals surface area contributed by atoms with E-state index in [1.54, 1.807) is 36.4 Å². The Hall–Kier alpha value is -2.83. The van der Waals surface area contributed by atoms with Crippen LogP contribution in [-0.2, 0) is 0 Å². The van der Waals surface area contributed by atoms with Crippen LogP contribution in [0.2, 0.25) is 10.0 Å². The molecule has 8 heteroatoms. The van der Waals surface area contributed by atoms with Gasteiger partial charge >= 0.3 is 6.01 Å². The molecule has 0 atom stereocenters. The fraction of sp³-hybridized carbons (Fsp3) is 0.105. The number of rotatable bonds is 6. The van der Waals surface area contributed by atoms with Crippen molar-refractivity contribution < 1.29 is 19.0 Å². The molecule has 0 unspecified atom stereocenters.